The van der Waals surface area contributed by atoms with Crippen molar-refractivity contribution in [2.24, 2.45) is 10.4 Å². The second kappa shape index (κ2) is 5.51. The number of carbonyl (C=O) groups excluding carboxylic acids is 1. The van der Waals surface area contributed by atoms with E-state index in [1.807, 2.05) is 20.8 Å². The third kappa shape index (κ3) is 4.84. The second-order valence-corrected chi connectivity index (χ2v) is 7.21. The maximum absolute atomic E-state index is 12.1. The van der Waals surface area contributed by atoms with Crippen LogP contribution in [0.2, 0.25) is 0 Å². The van der Waals surface area contributed by atoms with E-state index in [4.69, 9.17) is 9.73 Å². The molecule has 1 amide bonds. The van der Waals surface area contributed by atoms with Gasteiger partial charge in [0, 0.05) is 36.7 Å². The van der Waals surface area contributed by atoms with Gasteiger partial charge in [0.1, 0.15) is 5.60 Å². The molecule has 0 atom stereocenters. The molecule has 0 spiro atoms. The van der Waals surface area contributed by atoms with Crippen molar-refractivity contribution in [2.45, 2.75) is 66.5 Å². The van der Waals surface area contributed by atoms with Crippen LogP contribution >= 0.6 is 0 Å². The van der Waals surface area contributed by atoms with Gasteiger partial charge in [0.25, 0.3) is 0 Å². The van der Waals surface area contributed by atoms with E-state index in [1.165, 1.54) is 5.71 Å². The first kappa shape index (κ1) is 16.0. The summed E-state index contributed by atoms with van der Waals surface area (Å²) in [6, 6.07) is 0.308. The molecule has 0 aromatic heterocycles. The molecule has 0 aromatic rings. The first-order valence-electron chi connectivity index (χ1n) is 7.06. The Morgan fingerprint density at radius 3 is 2.37 bits per heavy atom. The molecule has 0 unspecified atom stereocenters. The minimum Gasteiger partial charge on any atom is -0.444 e. The standard InChI is InChI=1S/C15H28N2O2/c1-11(2)16-12-8-9-17(10-15(12,6)7)13(18)19-14(3,4)5/h11H,8-10H2,1-7H3/b16-12+. The van der Waals surface area contributed by atoms with Crippen molar-refractivity contribution in [2.75, 3.05) is 13.1 Å². The van der Waals surface area contributed by atoms with Crippen molar-refractivity contribution in [3.05, 3.63) is 0 Å². The van der Waals surface area contributed by atoms with E-state index in [0.29, 0.717) is 19.1 Å². The number of hydrogen-bond donors (Lipinski definition) is 0. The Hall–Kier alpha value is -1.06. The first-order chi connectivity index (χ1) is 8.51. The van der Waals surface area contributed by atoms with Crippen molar-refractivity contribution in [1.29, 1.82) is 0 Å². The lowest BCUT2D eigenvalue weighted by molar-refractivity contribution is 0.0192. The number of amides is 1. The van der Waals surface area contributed by atoms with Crippen molar-refractivity contribution in [3.63, 3.8) is 0 Å². The predicted molar refractivity (Wildman–Crippen MR) is 78.8 cm³/mol. The molecule has 1 aliphatic heterocycles. The van der Waals surface area contributed by atoms with E-state index in [9.17, 15) is 4.79 Å². The molecule has 110 valence electrons. The summed E-state index contributed by atoms with van der Waals surface area (Å²) >= 11 is 0. The molecule has 4 nitrogen and oxygen atoms in total. The van der Waals surface area contributed by atoms with Gasteiger partial charge >= 0.3 is 6.09 Å². The Bertz CT molecular complexity index is 365. The van der Waals surface area contributed by atoms with E-state index in [2.05, 4.69) is 27.7 Å². The third-order valence-corrected chi connectivity index (χ3v) is 3.05. The zero-order chi connectivity index (χ0) is 14.8. The molecule has 19 heavy (non-hydrogen) atoms. The second-order valence-electron chi connectivity index (χ2n) is 7.21. The maximum Gasteiger partial charge on any atom is 0.410 e. The van der Waals surface area contributed by atoms with Crippen molar-refractivity contribution < 1.29 is 9.53 Å². The molecule has 1 saturated heterocycles. The number of piperidine rings is 1. The average molecular weight is 268 g/mol. The zero-order valence-electron chi connectivity index (χ0n) is 13.4. The molecular formula is C15H28N2O2. The quantitative estimate of drug-likeness (QED) is 0.730. The van der Waals surface area contributed by atoms with E-state index in [-0.39, 0.29) is 11.5 Å². The molecule has 0 aliphatic carbocycles. The monoisotopic (exact) mass is 268 g/mol. The van der Waals surface area contributed by atoms with Gasteiger partial charge < -0.3 is 9.64 Å². The highest BCUT2D eigenvalue weighted by molar-refractivity contribution is 5.91. The Labute approximate surface area is 117 Å². The Balaban J connectivity index is 2.73. The van der Waals surface area contributed by atoms with Gasteiger partial charge in [-0.15, -0.1) is 0 Å². The number of rotatable bonds is 1. The van der Waals surface area contributed by atoms with E-state index >= 15 is 0 Å². The van der Waals surface area contributed by atoms with Crippen LogP contribution in [-0.2, 0) is 4.74 Å². The number of nitrogens with zero attached hydrogens (tertiary/aromatic N) is 2. The first-order valence-corrected chi connectivity index (χ1v) is 7.06. The number of ether oxygens (including phenoxy) is 1. The lowest BCUT2D eigenvalue weighted by atomic mass is 9.82. The van der Waals surface area contributed by atoms with Crippen LogP contribution in [-0.4, -0.2) is 41.4 Å². The SMILES string of the molecule is CC(C)/N=C1\CCN(C(=O)OC(C)(C)C)CC1(C)C. The number of hydrogen-bond acceptors (Lipinski definition) is 3. The summed E-state index contributed by atoms with van der Waals surface area (Å²) in [7, 11) is 0. The maximum atomic E-state index is 12.1. The zero-order valence-corrected chi connectivity index (χ0v) is 13.4. The van der Waals surface area contributed by atoms with Crippen LogP contribution in [0.15, 0.2) is 4.99 Å². The molecule has 0 radical (unpaired) electrons. The molecule has 1 fully saturated rings. The molecular weight excluding hydrogens is 240 g/mol. The summed E-state index contributed by atoms with van der Waals surface area (Å²) in [6.45, 7) is 15.5. The van der Waals surface area contributed by atoms with Gasteiger partial charge in [-0.25, -0.2) is 4.79 Å². The third-order valence-electron chi connectivity index (χ3n) is 3.05. The largest absolute Gasteiger partial charge is 0.444 e. The van der Waals surface area contributed by atoms with Crippen LogP contribution in [0.1, 0.15) is 54.9 Å². The fourth-order valence-electron chi connectivity index (χ4n) is 2.26. The summed E-state index contributed by atoms with van der Waals surface area (Å²) in [5.74, 6) is 0. The van der Waals surface area contributed by atoms with Crippen LogP contribution in [0.4, 0.5) is 4.79 Å². The normalized spacial score (nSPS) is 21.9. The van der Waals surface area contributed by atoms with Crippen LogP contribution in [0.25, 0.3) is 0 Å². The summed E-state index contributed by atoms with van der Waals surface area (Å²) < 4.78 is 5.43. The summed E-state index contributed by atoms with van der Waals surface area (Å²) in [4.78, 5) is 18.6. The minimum absolute atomic E-state index is 0.0700. The van der Waals surface area contributed by atoms with Gasteiger partial charge in [0.05, 0.1) is 0 Å². The highest BCUT2D eigenvalue weighted by Gasteiger charge is 2.36. The predicted octanol–water partition coefficient (Wildman–Crippen LogP) is 3.50. The van der Waals surface area contributed by atoms with Crippen molar-refractivity contribution in [3.8, 4) is 0 Å². The number of likely N-dealkylation sites (tertiary alicyclic amines) is 1. The van der Waals surface area contributed by atoms with Crippen molar-refractivity contribution >= 4 is 11.8 Å². The molecule has 1 rings (SSSR count). The Morgan fingerprint density at radius 1 is 1.37 bits per heavy atom. The molecule has 0 saturated carbocycles. The summed E-state index contributed by atoms with van der Waals surface area (Å²) in [6.07, 6.45) is 0.619. The van der Waals surface area contributed by atoms with Crippen molar-refractivity contribution in [1.82, 2.24) is 4.90 Å². The Morgan fingerprint density at radius 2 is 1.95 bits per heavy atom. The highest BCUT2D eigenvalue weighted by atomic mass is 16.6. The average Bonchev–Trinajstić information content (AvgIpc) is 2.17. The lowest BCUT2D eigenvalue weighted by Gasteiger charge is -2.40. The van der Waals surface area contributed by atoms with Gasteiger partial charge in [0.15, 0.2) is 0 Å². The Kier molecular flexibility index (Phi) is 4.64. The van der Waals surface area contributed by atoms with Crippen LogP contribution < -0.4 is 0 Å². The number of carbonyl (C=O) groups is 1. The molecule has 0 N–H and O–H groups in total. The highest BCUT2D eigenvalue weighted by Crippen LogP contribution is 2.28. The molecule has 0 aromatic carbocycles. The molecule has 0 bridgehead atoms. The summed E-state index contributed by atoms with van der Waals surface area (Å²) in [5.41, 5.74) is 0.703. The minimum atomic E-state index is -0.437. The van der Waals surface area contributed by atoms with Gasteiger partial charge in [-0.1, -0.05) is 13.8 Å². The van der Waals surface area contributed by atoms with Gasteiger partial charge in [-0.05, 0) is 34.6 Å². The van der Waals surface area contributed by atoms with E-state index in [0.717, 1.165) is 6.42 Å². The molecule has 4 heteroatoms. The number of aliphatic imine (C=N–C) groups is 1. The van der Waals surface area contributed by atoms with Gasteiger partial charge in [-0.2, -0.15) is 0 Å². The van der Waals surface area contributed by atoms with E-state index in [1.54, 1.807) is 4.90 Å². The fourth-order valence-corrected chi connectivity index (χ4v) is 2.26. The van der Waals surface area contributed by atoms with Gasteiger partial charge in [0.2, 0.25) is 0 Å². The topological polar surface area (TPSA) is 41.9 Å². The fraction of sp³-hybridized carbons (Fsp3) is 0.867. The van der Waals surface area contributed by atoms with Crippen LogP contribution in [0.3, 0.4) is 0 Å². The summed E-state index contributed by atoms with van der Waals surface area (Å²) in [5, 5.41) is 0. The lowest BCUT2D eigenvalue weighted by Crippen LogP contribution is -2.50. The van der Waals surface area contributed by atoms with Gasteiger partial charge in [-0.3, -0.25) is 4.99 Å². The van der Waals surface area contributed by atoms with Crippen LogP contribution in [0.5, 0.6) is 0 Å². The van der Waals surface area contributed by atoms with Crippen LogP contribution in [0, 0.1) is 5.41 Å². The molecule has 1 heterocycles. The smallest absolute Gasteiger partial charge is 0.410 e. The van der Waals surface area contributed by atoms with E-state index < -0.39 is 5.60 Å². The molecule has 1 aliphatic rings.